The third-order valence-corrected chi connectivity index (χ3v) is 6.27. The molecular weight excluding hydrogens is 396 g/mol. The summed E-state index contributed by atoms with van der Waals surface area (Å²) >= 11 is 7.29. The number of carbonyl (C=O) groups excluding carboxylic acids is 1. The van der Waals surface area contributed by atoms with Gasteiger partial charge in [0.15, 0.2) is 0 Å². The van der Waals surface area contributed by atoms with Crippen molar-refractivity contribution >= 4 is 44.9 Å². The maximum Gasteiger partial charge on any atom is 0.261 e. The van der Waals surface area contributed by atoms with Gasteiger partial charge in [0.25, 0.3) is 5.91 Å². The zero-order chi connectivity index (χ0) is 19.5. The number of thiophene rings is 1. The summed E-state index contributed by atoms with van der Waals surface area (Å²) in [6.07, 6.45) is 3.90. The molecule has 1 aliphatic rings. The Labute approximate surface area is 172 Å². The van der Waals surface area contributed by atoms with Gasteiger partial charge in [-0.2, -0.15) is 0 Å². The number of fused-ring (bicyclic) bond motifs is 1. The Hall–Kier alpha value is -2.22. The Morgan fingerprint density at radius 1 is 1.32 bits per heavy atom. The molecule has 6 nitrogen and oxygen atoms in total. The number of hydrogen-bond acceptors (Lipinski definition) is 6. The van der Waals surface area contributed by atoms with Gasteiger partial charge in [0.2, 0.25) is 0 Å². The average Bonchev–Trinajstić information content (AvgIpc) is 3.34. The van der Waals surface area contributed by atoms with Gasteiger partial charge in [0.05, 0.1) is 16.4 Å². The summed E-state index contributed by atoms with van der Waals surface area (Å²) in [7, 11) is 0. The van der Waals surface area contributed by atoms with Crippen LogP contribution in [0.2, 0.25) is 5.02 Å². The smallest absolute Gasteiger partial charge is 0.261 e. The largest absolute Gasteiger partial charge is 0.376 e. The highest BCUT2D eigenvalue weighted by Crippen LogP contribution is 2.33. The van der Waals surface area contributed by atoms with Crippen LogP contribution < -0.4 is 10.6 Å². The number of carbonyl (C=O) groups is 1. The van der Waals surface area contributed by atoms with Gasteiger partial charge in [-0.25, -0.2) is 9.97 Å². The Bertz CT molecular complexity index is 984. The van der Waals surface area contributed by atoms with Crippen molar-refractivity contribution in [2.75, 3.05) is 18.5 Å². The summed E-state index contributed by atoms with van der Waals surface area (Å²) in [5.74, 6) is 0.645. The van der Waals surface area contributed by atoms with E-state index in [2.05, 4.69) is 20.6 Å². The quantitative estimate of drug-likeness (QED) is 0.630. The monoisotopic (exact) mass is 416 g/mol. The molecule has 1 aliphatic heterocycles. The Morgan fingerprint density at radius 3 is 2.89 bits per heavy atom. The molecule has 4 rings (SSSR count). The number of aryl methyl sites for hydroxylation is 1. The molecule has 1 fully saturated rings. The van der Waals surface area contributed by atoms with Gasteiger partial charge in [0, 0.05) is 24.7 Å². The predicted octanol–water partition coefficient (Wildman–Crippen LogP) is 4.17. The molecule has 2 N–H and O–H groups in total. The first kappa shape index (κ1) is 19.1. The minimum absolute atomic E-state index is 0.111. The van der Waals surface area contributed by atoms with Crippen LogP contribution in [0.4, 0.5) is 5.82 Å². The number of amides is 1. The van der Waals surface area contributed by atoms with Crippen molar-refractivity contribution in [1.29, 1.82) is 0 Å². The van der Waals surface area contributed by atoms with Crippen LogP contribution >= 0.6 is 22.9 Å². The van der Waals surface area contributed by atoms with Crippen molar-refractivity contribution < 1.29 is 9.53 Å². The van der Waals surface area contributed by atoms with Gasteiger partial charge >= 0.3 is 0 Å². The van der Waals surface area contributed by atoms with Crippen LogP contribution in [0.25, 0.3) is 10.2 Å². The van der Waals surface area contributed by atoms with E-state index < -0.39 is 0 Å². The lowest BCUT2D eigenvalue weighted by atomic mass is 10.2. The fraction of sp³-hybridized carbons (Fsp3) is 0.350. The SMILES string of the molecule is Cc1c(C(=O)NCc2ccc(Cl)cc2)sc2ncnc(NC[C@@H]3CCCO3)c12. The zero-order valence-corrected chi connectivity index (χ0v) is 17.1. The normalized spacial score (nSPS) is 16.4. The Kier molecular flexibility index (Phi) is 5.75. The molecule has 1 atom stereocenters. The molecule has 0 spiro atoms. The van der Waals surface area contributed by atoms with E-state index in [4.69, 9.17) is 16.3 Å². The van der Waals surface area contributed by atoms with Crippen LogP contribution in [0.5, 0.6) is 0 Å². The van der Waals surface area contributed by atoms with E-state index in [1.165, 1.54) is 17.7 Å². The van der Waals surface area contributed by atoms with Crippen LogP contribution in [0.1, 0.15) is 33.6 Å². The van der Waals surface area contributed by atoms with E-state index in [9.17, 15) is 4.79 Å². The number of hydrogen-bond donors (Lipinski definition) is 2. The second-order valence-electron chi connectivity index (χ2n) is 6.78. The number of aromatic nitrogens is 2. The van der Waals surface area contributed by atoms with E-state index in [0.29, 0.717) is 23.0 Å². The van der Waals surface area contributed by atoms with Gasteiger partial charge in [-0.15, -0.1) is 11.3 Å². The zero-order valence-electron chi connectivity index (χ0n) is 15.5. The fourth-order valence-electron chi connectivity index (χ4n) is 3.30. The molecule has 0 bridgehead atoms. The molecule has 1 aromatic carbocycles. The molecular formula is C20H21ClN4O2S. The summed E-state index contributed by atoms with van der Waals surface area (Å²) in [5, 5.41) is 7.93. The molecule has 3 aromatic rings. The minimum Gasteiger partial charge on any atom is -0.376 e. The van der Waals surface area contributed by atoms with Crippen molar-refractivity contribution in [2.45, 2.75) is 32.4 Å². The second kappa shape index (κ2) is 8.43. The molecule has 146 valence electrons. The topological polar surface area (TPSA) is 76.1 Å². The summed E-state index contributed by atoms with van der Waals surface area (Å²) in [6, 6.07) is 7.43. The number of ether oxygens (including phenoxy) is 1. The maximum absolute atomic E-state index is 12.7. The standard InChI is InChI=1S/C20H21ClN4O2S/c1-12-16-18(22-10-15-3-2-8-27-15)24-11-25-20(16)28-17(12)19(26)23-9-13-4-6-14(21)7-5-13/h4-7,11,15H,2-3,8-10H2,1H3,(H,23,26)(H,22,24,25)/t15-/m0/s1. The number of benzene rings is 1. The van der Waals surface area contributed by atoms with E-state index in [1.54, 1.807) is 0 Å². The number of nitrogens with one attached hydrogen (secondary N) is 2. The molecule has 1 saturated heterocycles. The van der Waals surface area contributed by atoms with Crippen molar-refractivity contribution in [3.8, 4) is 0 Å². The number of nitrogens with zero attached hydrogens (tertiary/aromatic N) is 2. The van der Waals surface area contributed by atoms with E-state index in [-0.39, 0.29) is 12.0 Å². The van der Waals surface area contributed by atoms with Gasteiger partial charge < -0.3 is 15.4 Å². The number of halogens is 1. The van der Waals surface area contributed by atoms with Crippen molar-refractivity contribution in [1.82, 2.24) is 15.3 Å². The fourth-order valence-corrected chi connectivity index (χ4v) is 4.49. The summed E-state index contributed by atoms with van der Waals surface area (Å²) in [5.41, 5.74) is 1.89. The molecule has 0 saturated carbocycles. The summed E-state index contributed by atoms with van der Waals surface area (Å²) in [4.78, 5) is 22.9. The lowest BCUT2D eigenvalue weighted by molar-refractivity contribution is 0.0954. The maximum atomic E-state index is 12.7. The molecule has 8 heteroatoms. The highest BCUT2D eigenvalue weighted by Gasteiger charge is 2.20. The lowest BCUT2D eigenvalue weighted by Gasteiger charge is -2.12. The summed E-state index contributed by atoms with van der Waals surface area (Å²) < 4.78 is 5.67. The predicted molar refractivity (Wildman–Crippen MR) is 112 cm³/mol. The van der Waals surface area contributed by atoms with E-state index >= 15 is 0 Å². The summed E-state index contributed by atoms with van der Waals surface area (Å²) in [6.45, 7) is 3.91. The second-order valence-corrected chi connectivity index (χ2v) is 8.22. The van der Waals surface area contributed by atoms with Crippen molar-refractivity contribution in [3.63, 3.8) is 0 Å². The van der Waals surface area contributed by atoms with Crippen LogP contribution in [0.15, 0.2) is 30.6 Å². The average molecular weight is 417 g/mol. The molecule has 0 radical (unpaired) electrons. The number of anilines is 1. The third-order valence-electron chi connectivity index (χ3n) is 4.82. The van der Waals surface area contributed by atoms with Crippen molar-refractivity contribution in [3.05, 3.63) is 51.6 Å². The Balaban J connectivity index is 1.50. The van der Waals surface area contributed by atoms with Crippen LogP contribution in [0.3, 0.4) is 0 Å². The van der Waals surface area contributed by atoms with Gasteiger partial charge in [0.1, 0.15) is 17.0 Å². The molecule has 3 heterocycles. The van der Waals surface area contributed by atoms with E-state index in [0.717, 1.165) is 46.6 Å². The van der Waals surface area contributed by atoms with Crippen LogP contribution in [-0.2, 0) is 11.3 Å². The first-order valence-electron chi connectivity index (χ1n) is 9.24. The highest BCUT2D eigenvalue weighted by atomic mass is 35.5. The molecule has 28 heavy (non-hydrogen) atoms. The molecule has 1 amide bonds. The van der Waals surface area contributed by atoms with Crippen LogP contribution in [0, 0.1) is 6.92 Å². The molecule has 0 unspecified atom stereocenters. The van der Waals surface area contributed by atoms with E-state index in [1.807, 2.05) is 31.2 Å². The van der Waals surface area contributed by atoms with Gasteiger partial charge in [-0.3, -0.25) is 4.79 Å². The first-order valence-corrected chi connectivity index (χ1v) is 10.4. The lowest BCUT2D eigenvalue weighted by Crippen LogP contribution is -2.22. The number of rotatable bonds is 6. The van der Waals surface area contributed by atoms with Crippen molar-refractivity contribution in [2.24, 2.45) is 0 Å². The minimum atomic E-state index is -0.111. The van der Waals surface area contributed by atoms with Gasteiger partial charge in [-0.1, -0.05) is 23.7 Å². The Morgan fingerprint density at radius 2 is 2.14 bits per heavy atom. The van der Waals surface area contributed by atoms with Crippen LogP contribution in [-0.4, -0.2) is 35.1 Å². The van der Waals surface area contributed by atoms with Gasteiger partial charge in [-0.05, 0) is 43.0 Å². The molecule has 2 aromatic heterocycles. The highest BCUT2D eigenvalue weighted by molar-refractivity contribution is 7.20. The first-order chi connectivity index (χ1) is 13.6. The molecule has 0 aliphatic carbocycles. The third kappa shape index (κ3) is 4.11.